The first kappa shape index (κ1) is 19.1. The first-order chi connectivity index (χ1) is 13.9. The molecule has 0 amide bonds. The van der Waals surface area contributed by atoms with Crippen LogP contribution < -0.4 is 16.4 Å². The van der Waals surface area contributed by atoms with Gasteiger partial charge in [-0.1, -0.05) is 0 Å². The number of aromatic nitrogens is 5. The lowest BCUT2D eigenvalue weighted by molar-refractivity contribution is 0.418. The number of hydrogen-bond donors (Lipinski definition) is 3. The number of thiophene rings is 1. The zero-order valence-corrected chi connectivity index (χ0v) is 17.1. The van der Waals surface area contributed by atoms with Crippen LogP contribution in [0.15, 0.2) is 34.2 Å². The minimum atomic E-state index is -0.479. The smallest absolute Gasteiger partial charge is 0.326 e. The molecule has 3 N–H and O–H groups in total. The first-order valence-electron chi connectivity index (χ1n) is 9.04. The maximum atomic E-state index is 11.4. The summed E-state index contributed by atoms with van der Waals surface area (Å²) < 4.78 is 1.67. The second kappa shape index (κ2) is 7.64. The molecule has 150 valence electrons. The fraction of sp³-hybridized carbons (Fsp3) is 0.263. The van der Waals surface area contributed by atoms with E-state index in [0.29, 0.717) is 22.9 Å². The third-order valence-electron chi connectivity index (χ3n) is 4.33. The third-order valence-corrected chi connectivity index (χ3v) is 5.35. The van der Waals surface area contributed by atoms with E-state index in [1.54, 1.807) is 28.1 Å². The molecule has 0 saturated heterocycles. The van der Waals surface area contributed by atoms with Crippen LogP contribution in [-0.2, 0) is 0 Å². The Morgan fingerprint density at radius 1 is 1.34 bits per heavy atom. The van der Waals surface area contributed by atoms with E-state index in [-0.39, 0.29) is 11.6 Å². The van der Waals surface area contributed by atoms with Gasteiger partial charge < -0.3 is 15.0 Å². The van der Waals surface area contributed by atoms with Crippen molar-refractivity contribution in [3.8, 4) is 16.5 Å². The zero-order valence-electron chi connectivity index (χ0n) is 16.3. The van der Waals surface area contributed by atoms with E-state index in [0.717, 1.165) is 17.1 Å². The van der Waals surface area contributed by atoms with Crippen molar-refractivity contribution in [3.05, 3.63) is 56.2 Å². The number of imidazole rings is 1. The Labute approximate surface area is 169 Å². The van der Waals surface area contributed by atoms with Gasteiger partial charge in [0.1, 0.15) is 5.69 Å². The van der Waals surface area contributed by atoms with E-state index in [4.69, 9.17) is 9.98 Å². The number of aromatic hydroxyl groups is 1. The zero-order chi connectivity index (χ0) is 20.5. The molecule has 0 aromatic carbocycles. The van der Waals surface area contributed by atoms with Crippen LogP contribution in [0.25, 0.3) is 22.3 Å². The normalized spacial score (nSPS) is 13.2. The Hall–Kier alpha value is -3.24. The molecule has 0 bridgehead atoms. The Morgan fingerprint density at radius 3 is 2.83 bits per heavy atom. The van der Waals surface area contributed by atoms with Gasteiger partial charge in [0, 0.05) is 22.7 Å². The molecule has 0 radical (unpaired) electrons. The lowest BCUT2D eigenvalue weighted by Crippen LogP contribution is -2.22. The summed E-state index contributed by atoms with van der Waals surface area (Å²) in [4.78, 5) is 30.1. The molecule has 29 heavy (non-hydrogen) atoms. The number of nitrogens with zero attached hydrogens (tertiary/aromatic N) is 5. The average Bonchev–Trinajstić information content (AvgIpc) is 3.35. The van der Waals surface area contributed by atoms with Gasteiger partial charge in [-0.2, -0.15) is 9.61 Å². The van der Waals surface area contributed by atoms with Gasteiger partial charge in [0.15, 0.2) is 11.1 Å². The Morgan fingerprint density at radius 2 is 2.17 bits per heavy atom. The SMILES string of the molecule is Cc1ccc(-c2cc(=NCCN(C)C)n3ncc(=Cc4[nH]c(=O)[nH]c4O)c3n2)s1. The number of aryl methyl sites for hydroxylation is 1. The highest BCUT2D eigenvalue weighted by atomic mass is 32.1. The molecule has 0 fully saturated rings. The predicted octanol–water partition coefficient (Wildman–Crippen LogP) is 0.498. The van der Waals surface area contributed by atoms with Crippen molar-refractivity contribution >= 4 is 23.1 Å². The number of rotatable bonds is 5. The molecule has 4 aromatic heterocycles. The van der Waals surface area contributed by atoms with E-state index in [9.17, 15) is 9.90 Å². The van der Waals surface area contributed by atoms with E-state index in [1.807, 2.05) is 26.2 Å². The van der Waals surface area contributed by atoms with Gasteiger partial charge in [-0.3, -0.25) is 9.98 Å². The molecule has 0 aliphatic carbocycles. The van der Waals surface area contributed by atoms with E-state index in [1.165, 1.54) is 4.88 Å². The van der Waals surface area contributed by atoms with Crippen LogP contribution in [0, 0.1) is 6.92 Å². The number of nitrogens with one attached hydrogen (secondary N) is 2. The molecule has 0 saturated carbocycles. The number of likely N-dealkylation sites (N-methyl/N-ethyl adjacent to an activating group) is 1. The molecule has 4 aromatic rings. The summed E-state index contributed by atoms with van der Waals surface area (Å²) >= 11 is 1.66. The highest BCUT2D eigenvalue weighted by molar-refractivity contribution is 7.15. The topological polar surface area (TPSA) is 115 Å². The molecule has 4 heterocycles. The van der Waals surface area contributed by atoms with Gasteiger partial charge >= 0.3 is 5.69 Å². The molecule has 9 nitrogen and oxygen atoms in total. The highest BCUT2D eigenvalue weighted by Crippen LogP contribution is 2.25. The number of fused-ring (bicyclic) bond motifs is 1. The lowest BCUT2D eigenvalue weighted by atomic mass is 10.3. The van der Waals surface area contributed by atoms with Gasteiger partial charge in [0.05, 0.1) is 23.3 Å². The van der Waals surface area contributed by atoms with Crippen LogP contribution in [0.1, 0.15) is 10.6 Å². The summed E-state index contributed by atoms with van der Waals surface area (Å²) in [5, 5.41) is 15.0. The van der Waals surface area contributed by atoms with Crippen molar-refractivity contribution < 1.29 is 5.11 Å². The summed E-state index contributed by atoms with van der Waals surface area (Å²) in [6.07, 6.45) is 3.27. The van der Waals surface area contributed by atoms with Crippen molar-refractivity contribution in [2.45, 2.75) is 6.92 Å². The van der Waals surface area contributed by atoms with Gasteiger partial charge in [-0.15, -0.1) is 11.3 Å². The summed E-state index contributed by atoms with van der Waals surface area (Å²) in [7, 11) is 4.01. The van der Waals surface area contributed by atoms with Gasteiger partial charge in [-0.25, -0.2) is 9.78 Å². The van der Waals surface area contributed by atoms with Gasteiger partial charge in [-0.05, 0) is 39.2 Å². The van der Waals surface area contributed by atoms with Crippen LogP contribution in [0.4, 0.5) is 0 Å². The minimum Gasteiger partial charge on any atom is -0.493 e. The second-order valence-corrected chi connectivity index (χ2v) is 8.20. The molecular formula is C19H21N7O2S. The van der Waals surface area contributed by atoms with Crippen molar-refractivity contribution in [1.82, 2.24) is 29.5 Å². The summed E-state index contributed by atoms with van der Waals surface area (Å²) in [6.45, 7) is 3.49. The van der Waals surface area contributed by atoms with Gasteiger partial charge in [0.2, 0.25) is 5.88 Å². The highest BCUT2D eigenvalue weighted by Gasteiger charge is 2.10. The predicted molar refractivity (Wildman–Crippen MR) is 112 cm³/mol. The molecule has 4 rings (SSSR count). The number of hydrogen-bond acceptors (Lipinski definition) is 7. The Bertz CT molecular complexity index is 1340. The van der Waals surface area contributed by atoms with Gasteiger partial charge in [0.25, 0.3) is 0 Å². The molecule has 0 unspecified atom stereocenters. The molecule has 0 atom stereocenters. The molecule has 0 aliphatic rings. The first-order valence-corrected chi connectivity index (χ1v) is 9.86. The monoisotopic (exact) mass is 411 g/mol. The fourth-order valence-corrected chi connectivity index (χ4v) is 3.72. The van der Waals surface area contributed by atoms with Crippen molar-refractivity contribution in [1.29, 1.82) is 0 Å². The summed E-state index contributed by atoms with van der Waals surface area (Å²) in [5.41, 5.74) is 1.89. The lowest BCUT2D eigenvalue weighted by Gasteiger charge is -2.06. The van der Waals surface area contributed by atoms with Crippen LogP contribution in [-0.4, -0.2) is 61.8 Å². The standard InChI is InChI=1S/C19H21N7O2S/c1-11-4-5-15(29-11)13-9-16(20-6-7-25(2)3)26-17(22-13)12(10-21-26)8-14-18(27)24-19(28)23-14/h4-5,8-10,27H,6-7H2,1-3H3,(H2,23,24,28). The van der Waals surface area contributed by atoms with E-state index >= 15 is 0 Å². The van der Waals surface area contributed by atoms with Crippen LogP contribution >= 0.6 is 11.3 Å². The third kappa shape index (κ3) is 3.98. The van der Waals surface area contributed by atoms with Crippen molar-refractivity contribution in [3.63, 3.8) is 0 Å². The number of H-pyrrole nitrogens is 2. The summed E-state index contributed by atoms with van der Waals surface area (Å²) in [5.74, 6) is -0.227. The largest absolute Gasteiger partial charge is 0.493 e. The van der Waals surface area contributed by atoms with Crippen molar-refractivity contribution in [2.75, 3.05) is 27.2 Å². The minimum absolute atomic E-state index is 0.227. The Balaban J connectivity index is 1.93. The number of aromatic amines is 2. The van der Waals surface area contributed by atoms with E-state index < -0.39 is 5.69 Å². The van der Waals surface area contributed by atoms with Crippen LogP contribution in [0.3, 0.4) is 0 Å². The maximum absolute atomic E-state index is 11.4. The quantitative estimate of drug-likeness (QED) is 0.442. The molecule has 0 aliphatic heterocycles. The van der Waals surface area contributed by atoms with Crippen molar-refractivity contribution in [2.24, 2.45) is 4.99 Å². The maximum Gasteiger partial charge on any atom is 0.326 e. The molecular weight excluding hydrogens is 390 g/mol. The molecule has 10 heteroatoms. The van der Waals surface area contributed by atoms with Crippen LogP contribution in [0.5, 0.6) is 5.88 Å². The Kier molecular flexibility index (Phi) is 5.03. The van der Waals surface area contributed by atoms with E-state index in [2.05, 4.69) is 33.0 Å². The second-order valence-electron chi connectivity index (χ2n) is 6.92. The van der Waals surface area contributed by atoms with Crippen LogP contribution in [0.2, 0.25) is 0 Å². The fourth-order valence-electron chi connectivity index (χ4n) is 2.89. The summed E-state index contributed by atoms with van der Waals surface area (Å²) in [6, 6.07) is 6.03. The average molecular weight is 411 g/mol. The molecule has 0 spiro atoms.